The lowest BCUT2D eigenvalue weighted by atomic mass is 10.3. The molecule has 2 aromatic rings. The molecule has 0 saturated heterocycles. The summed E-state index contributed by atoms with van der Waals surface area (Å²) in [4.78, 5) is 21.1. The number of carbonyl (C=O) groups is 1. The number of benzene rings is 2. The Bertz CT molecular complexity index is 795. The van der Waals surface area contributed by atoms with Crippen LogP contribution in [0.2, 0.25) is 0 Å². The van der Waals surface area contributed by atoms with E-state index in [4.69, 9.17) is 14.2 Å². The summed E-state index contributed by atoms with van der Waals surface area (Å²) in [6, 6.07) is 11.7. The highest BCUT2D eigenvalue weighted by atomic mass is 31.2. The van der Waals surface area contributed by atoms with E-state index in [1.807, 2.05) is 0 Å². The zero-order valence-corrected chi connectivity index (χ0v) is 14.0. The van der Waals surface area contributed by atoms with Crippen LogP contribution >= 0.6 is 7.75 Å². The van der Waals surface area contributed by atoms with Crippen LogP contribution in [0.3, 0.4) is 0 Å². The number of para-hydroxylation sites is 1. The topological polar surface area (TPSA) is 128 Å². The molecule has 10 heteroatoms. The summed E-state index contributed by atoms with van der Waals surface area (Å²) in [6.07, 6.45) is 0. The monoisotopic (exact) mass is 366 g/mol. The van der Waals surface area contributed by atoms with Crippen molar-refractivity contribution in [2.24, 2.45) is 0 Å². The molecule has 132 valence electrons. The molecule has 1 unspecified atom stereocenters. The minimum absolute atomic E-state index is 0.0231. The van der Waals surface area contributed by atoms with Crippen molar-refractivity contribution < 1.29 is 28.4 Å². The van der Waals surface area contributed by atoms with Gasteiger partial charge >= 0.3 is 13.7 Å². The Hall–Kier alpha value is -2.90. The van der Waals surface area contributed by atoms with E-state index in [1.54, 1.807) is 18.2 Å². The predicted molar refractivity (Wildman–Crippen MR) is 88.6 cm³/mol. The molecule has 2 aromatic carbocycles. The number of nitrogens with one attached hydrogen (secondary N) is 1. The molecule has 2 N–H and O–H groups in total. The number of nitro benzene ring substituents is 1. The van der Waals surface area contributed by atoms with Crippen LogP contribution in [-0.2, 0) is 9.36 Å². The van der Waals surface area contributed by atoms with Gasteiger partial charge in [0.25, 0.3) is 5.69 Å². The average molecular weight is 366 g/mol. The zero-order valence-electron chi connectivity index (χ0n) is 13.1. The van der Waals surface area contributed by atoms with E-state index in [2.05, 4.69) is 5.09 Å². The average Bonchev–Trinajstić information content (AvgIpc) is 2.55. The van der Waals surface area contributed by atoms with Gasteiger partial charge in [-0.3, -0.25) is 14.9 Å². The van der Waals surface area contributed by atoms with Crippen LogP contribution in [0.1, 0.15) is 6.92 Å². The third kappa shape index (κ3) is 5.30. The second kappa shape index (κ2) is 7.78. The van der Waals surface area contributed by atoms with Crippen LogP contribution in [0.15, 0.2) is 54.6 Å². The molecule has 0 heterocycles. The van der Waals surface area contributed by atoms with Crippen molar-refractivity contribution in [2.75, 3.05) is 0 Å². The van der Waals surface area contributed by atoms with Gasteiger partial charge in [0, 0.05) is 12.1 Å². The first-order valence-electron chi connectivity index (χ1n) is 7.08. The van der Waals surface area contributed by atoms with E-state index >= 15 is 0 Å². The lowest BCUT2D eigenvalue weighted by molar-refractivity contribution is -0.384. The molecule has 0 bridgehead atoms. The molecule has 2 atom stereocenters. The van der Waals surface area contributed by atoms with E-state index in [9.17, 15) is 19.5 Å². The second-order valence-corrected chi connectivity index (χ2v) is 6.55. The first-order valence-corrected chi connectivity index (χ1v) is 8.63. The highest BCUT2D eigenvalue weighted by Crippen LogP contribution is 2.45. The van der Waals surface area contributed by atoms with Gasteiger partial charge in [-0.05, 0) is 31.2 Å². The maximum atomic E-state index is 12.9. The van der Waals surface area contributed by atoms with Crippen molar-refractivity contribution in [3.05, 3.63) is 64.7 Å². The second-order valence-electron chi connectivity index (χ2n) is 4.93. The van der Waals surface area contributed by atoms with Crippen LogP contribution in [0.4, 0.5) is 5.69 Å². The Morgan fingerprint density at radius 1 is 1.12 bits per heavy atom. The zero-order chi connectivity index (χ0) is 18.4. The van der Waals surface area contributed by atoms with Crippen molar-refractivity contribution in [3.63, 3.8) is 0 Å². The molecule has 0 aliphatic rings. The smallest absolute Gasteiger partial charge is 0.480 e. The van der Waals surface area contributed by atoms with E-state index in [0.717, 1.165) is 0 Å². The summed E-state index contributed by atoms with van der Waals surface area (Å²) in [6.45, 7) is 1.28. The highest BCUT2D eigenvalue weighted by Gasteiger charge is 2.33. The van der Waals surface area contributed by atoms with Crippen LogP contribution in [-0.4, -0.2) is 22.0 Å². The Kier molecular flexibility index (Phi) is 5.74. The predicted octanol–water partition coefficient (Wildman–Crippen LogP) is 3.22. The van der Waals surface area contributed by atoms with E-state index in [0.29, 0.717) is 0 Å². The van der Waals surface area contributed by atoms with Gasteiger partial charge in [0.15, 0.2) is 0 Å². The SMILES string of the molecule is CC(N[P@@](=O)(Oc1ccccc1)Oc1ccc([N+](=O)[O-])cc1)C(=O)O. The lowest BCUT2D eigenvalue weighted by Gasteiger charge is -2.22. The quantitative estimate of drug-likeness (QED) is 0.414. The van der Waals surface area contributed by atoms with Crippen LogP contribution in [0.5, 0.6) is 11.5 Å². The Morgan fingerprint density at radius 2 is 1.64 bits per heavy atom. The number of rotatable bonds is 8. The summed E-state index contributed by atoms with van der Waals surface area (Å²) in [5, 5.41) is 22.0. The van der Waals surface area contributed by atoms with Crippen molar-refractivity contribution >= 4 is 19.4 Å². The largest absolute Gasteiger partial charge is 0.513 e. The minimum Gasteiger partial charge on any atom is -0.480 e. The molecular weight excluding hydrogens is 351 g/mol. The Balaban J connectivity index is 2.25. The molecule has 2 rings (SSSR count). The van der Waals surface area contributed by atoms with Gasteiger partial charge in [-0.25, -0.2) is 4.57 Å². The van der Waals surface area contributed by atoms with Gasteiger partial charge in [-0.1, -0.05) is 18.2 Å². The molecule has 0 fully saturated rings. The molecule has 9 nitrogen and oxygen atoms in total. The van der Waals surface area contributed by atoms with Crippen LogP contribution < -0.4 is 14.1 Å². The minimum atomic E-state index is -4.11. The third-order valence-electron chi connectivity index (χ3n) is 2.96. The summed E-state index contributed by atoms with van der Waals surface area (Å²) in [5.41, 5.74) is -0.168. The number of aliphatic carboxylic acids is 1. The fourth-order valence-corrected chi connectivity index (χ4v) is 3.28. The van der Waals surface area contributed by atoms with Crippen LogP contribution in [0.25, 0.3) is 0 Å². The van der Waals surface area contributed by atoms with Gasteiger partial charge in [0.05, 0.1) is 4.92 Å². The molecule has 0 spiro atoms. The number of carboxylic acids is 1. The third-order valence-corrected chi connectivity index (χ3v) is 4.57. The summed E-state index contributed by atoms with van der Waals surface area (Å²) in [7, 11) is -4.11. The van der Waals surface area contributed by atoms with Gasteiger partial charge in [0.1, 0.15) is 17.5 Å². The fraction of sp³-hybridized carbons (Fsp3) is 0.133. The molecule has 0 radical (unpaired) electrons. The van der Waals surface area contributed by atoms with Crippen molar-refractivity contribution in [2.45, 2.75) is 13.0 Å². The normalized spacial score (nSPS) is 14.1. The molecular formula is C15H15N2O7P. The molecule has 25 heavy (non-hydrogen) atoms. The summed E-state index contributed by atoms with van der Waals surface area (Å²) < 4.78 is 23.6. The van der Waals surface area contributed by atoms with Crippen LogP contribution in [0, 0.1) is 10.1 Å². The Labute approximate surface area is 142 Å². The van der Waals surface area contributed by atoms with Gasteiger partial charge in [0.2, 0.25) is 0 Å². The standard InChI is InChI=1S/C15H15N2O7P/c1-11(15(18)19)16-25(22,23-13-5-3-2-4-6-13)24-14-9-7-12(8-10-14)17(20)21/h2-11H,1H3,(H,16,22)(H,18,19)/t11?,25-/m1/s1. The van der Waals surface area contributed by atoms with Crippen molar-refractivity contribution in [1.29, 1.82) is 0 Å². The van der Waals surface area contributed by atoms with E-state index in [1.165, 1.54) is 43.3 Å². The Morgan fingerprint density at radius 3 is 2.12 bits per heavy atom. The maximum Gasteiger partial charge on any atom is 0.513 e. The number of non-ortho nitro benzene ring substituents is 1. The summed E-state index contributed by atoms with van der Waals surface area (Å²) in [5.74, 6) is -1.02. The molecule has 0 aliphatic heterocycles. The van der Waals surface area contributed by atoms with Gasteiger partial charge in [-0.2, -0.15) is 5.09 Å². The number of carboxylic acid groups (broad SMARTS) is 1. The number of hydrogen-bond acceptors (Lipinski definition) is 6. The summed E-state index contributed by atoms with van der Waals surface area (Å²) >= 11 is 0. The van der Waals surface area contributed by atoms with E-state index < -0.39 is 24.7 Å². The first-order chi connectivity index (χ1) is 11.8. The van der Waals surface area contributed by atoms with Crippen molar-refractivity contribution in [3.8, 4) is 11.5 Å². The fourth-order valence-electron chi connectivity index (χ4n) is 1.75. The lowest BCUT2D eigenvalue weighted by Crippen LogP contribution is -2.34. The first kappa shape index (κ1) is 18.4. The molecule has 0 saturated carbocycles. The highest BCUT2D eigenvalue weighted by molar-refractivity contribution is 7.52. The number of nitro groups is 1. The number of hydrogen-bond donors (Lipinski definition) is 2. The van der Waals surface area contributed by atoms with Crippen molar-refractivity contribution in [1.82, 2.24) is 5.09 Å². The molecule has 0 amide bonds. The van der Waals surface area contributed by atoms with Gasteiger partial charge < -0.3 is 14.2 Å². The number of nitrogens with zero attached hydrogens (tertiary/aromatic N) is 1. The maximum absolute atomic E-state index is 12.9. The van der Waals surface area contributed by atoms with Gasteiger partial charge in [-0.15, -0.1) is 0 Å². The van der Waals surface area contributed by atoms with E-state index in [-0.39, 0.29) is 17.2 Å². The molecule has 0 aliphatic carbocycles. The molecule has 0 aromatic heterocycles.